The molecule has 5 heteroatoms. The van der Waals surface area contributed by atoms with Gasteiger partial charge in [-0.05, 0) is 50.8 Å². The number of rotatable bonds is 5. The van der Waals surface area contributed by atoms with Gasteiger partial charge in [0.25, 0.3) is 0 Å². The number of para-hydroxylation sites is 1. The van der Waals surface area contributed by atoms with Gasteiger partial charge in [0.05, 0.1) is 23.6 Å². The topological polar surface area (TPSA) is 54.2 Å². The van der Waals surface area contributed by atoms with Gasteiger partial charge in [-0.25, -0.2) is 4.68 Å². The summed E-state index contributed by atoms with van der Waals surface area (Å²) in [6, 6.07) is 10.3. The van der Waals surface area contributed by atoms with Gasteiger partial charge >= 0.3 is 0 Å². The molecule has 1 aromatic heterocycles. The maximum absolute atomic E-state index is 9.15. The standard InChI is InChI=1S/C17H24N4O/c1-14(20-10-5-6-15(12-20)9-11-22)17-13-21(19-18-17)16-7-3-2-4-8-16/h2-4,7-8,13-15,22H,5-6,9-12H2,1H3/t14-,15-/m1/s1. The van der Waals surface area contributed by atoms with E-state index in [0.717, 1.165) is 30.9 Å². The molecule has 0 bridgehead atoms. The van der Waals surface area contributed by atoms with Crippen LogP contribution in [0.25, 0.3) is 5.69 Å². The summed E-state index contributed by atoms with van der Waals surface area (Å²) in [6.07, 6.45) is 5.35. The predicted octanol–water partition coefficient (Wildman–Crippen LogP) is 2.42. The Morgan fingerprint density at radius 1 is 1.32 bits per heavy atom. The van der Waals surface area contributed by atoms with Crippen LogP contribution >= 0.6 is 0 Å². The van der Waals surface area contributed by atoms with Crippen LogP contribution in [0.3, 0.4) is 0 Å². The summed E-state index contributed by atoms with van der Waals surface area (Å²) in [5.41, 5.74) is 2.04. The number of aliphatic hydroxyl groups is 1. The van der Waals surface area contributed by atoms with E-state index in [9.17, 15) is 0 Å². The number of hydrogen-bond acceptors (Lipinski definition) is 4. The molecule has 0 saturated carbocycles. The van der Waals surface area contributed by atoms with E-state index in [1.807, 2.05) is 41.2 Å². The first-order valence-electron chi connectivity index (χ1n) is 8.10. The largest absolute Gasteiger partial charge is 0.396 e. The quantitative estimate of drug-likeness (QED) is 0.921. The fraction of sp³-hybridized carbons (Fsp3) is 0.529. The van der Waals surface area contributed by atoms with Gasteiger partial charge in [0.1, 0.15) is 0 Å². The van der Waals surface area contributed by atoms with Crippen molar-refractivity contribution in [2.45, 2.75) is 32.2 Å². The molecule has 1 saturated heterocycles. The molecule has 0 spiro atoms. The Kier molecular flexibility index (Phi) is 4.85. The first-order valence-corrected chi connectivity index (χ1v) is 8.10. The third kappa shape index (κ3) is 3.36. The molecule has 2 heterocycles. The van der Waals surface area contributed by atoms with Crippen LogP contribution in [0.2, 0.25) is 0 Å². The molecule has 0 radical (unpaired) electrons. The minimum Gasteiger partial charge on any atom is -0.396 e. The van der Waals surface area contributed by atoms with E-state index in [-0.39, 0.29) is 12.6 Å². The van der Waals surface area contributed by atoms with Crippen molar-refractivity contribution in [1.29, 1.82) is 0 Å². The van der Waals surface area contributed by atoms with Crippen molar-refractivity contribution < 1.29 is 5.11 Å². The first kappa shape index (κ1) is 15.2. The first-order chi connectivity index (χ1) is 10.8. The SMILES string of the molecule is C[C@H](c1cn(-c2ccccc2)nn1)N1CCC[C@H](CCO)C1. The Balaban J connectivity index is 1.70. The maximum atomic E-state index is 9.15. The second-order valence-corrected chi connectivity index (χ2v) is 6.11. The molecular weight excluding hydrogens is 276 g/mol. The van der Waals surface area contributed by atoms with Gasteiger partial charge < -0.3 is 5.11 Å². The van der Waals surface area contributed by atoms with Crippen molar-refractivity contribution in [3.05, 3.63) is 42.2 Å². The molecule has 3 rings (SSSR count). The molecule has 1 fully saturated rings. The molecule has 0 unspecified atom stereocenters. The molecule has 1 aliphatic rings. The number of piperidine rings is 1. The van der Waals surface area contributed by atoms with E-state index < -0.39 is 0 Å². The van der Waals surface area contributed by atoms with Crippen molar-refractivity contribution in [2.24, 2.45) is 5.92 Å². The molecule has 5 nitrogen and oxygen atoms in total. The van der Waals surface area contributed by atoms with Crippen LogP contribution in [0, 0.1) is 5.92 Å². The zero-order chi connectivity index (χ0) is 15.4. The smallest absolute Gasteiger partial charge is 0.1000 e. The van der Waals surface area contributed by atoms with E-state index >= 15 is 0 Å². The Morgan fingerprint density at radius 2 is 2.14 bits per heavy atom. The molecule has 1 N–H and O–H groups in total. The minimum absolute atomic E-state index is 0.263. The van der Waals surface area contributed by atoms with Crippen molar-refractivity contribution >= 4 is 0 Å². The summed E-state index contributed by atoms with van der Waals surface area (Å²) in [4.78, 5) is 2.46. The third-order valence-corrected chi connectivity index (χ3v) is 4.60. The summed E-state index contributed by atoms with van der Waals surface area (Å²) in [5.74, 6) is 0.602. The minimum atomic E-state index is 0.263. The van der Waals surface area contributed by atoms with E-state index in [1.54, 1.807) is 0 Å². The van der Waals surface area contributed by atoms with Crippen LogP contribution in [0.15, 0.2) is 36.5 Å². The third-order valence-electron chi connectivity index (χ3n) is 4.60. The second kappa shape index (κ2) is 7.03. The van der Waals surface area contributed by atoms with Gasteiger partial charge in [0.2, 0.25) is 0 Å². The predicted molar refractivity (Wildman–Crippen MR) is 85.8 cm³/mol. The molecular formula is C17H24N4O. The number of hydrogen-bond donors (Lipinski definition) is 1. The highest BCUT2D eigenvalue weighted by Gasteiger charge is 2.25. The van der Waals surface area contributed by atoms with Gasteiger partial charge in [-0.1, -0.05) is 23.4 Å². The zero-order valence-corrected chi connectivity index (χ0v) is 13.1. The zero-order valence-electron chi connectivity index (χ0n) is 13.1. The fourth-order valence-corrected chi connectivity index (χ4v) is 3.23. The Morgan fingerprint density at radius 3 is 2.91 bits per heavy atom. The molecule has 1 aromatic carbocycles. The van der Waals surface area contributed by atoms with Gasteiger partial charge in [0, 0.05) is 13.2 Å². The summed E-state index contributed by atoms with van der Waals surface area (Å²) in [7, 11) is 0. The number of benzene rings is 1. The van der Waals surface area contributed by atoms with Crippen molar-refractivity contribution in [3.8, 4) is 5.69 Å². The van der Waals surface area contributed by atoms with Gasteiger partial charge in [-0.15, -0.1) is 5.10 Å². The van der Waals surface area contributed by atoms with Crippen LogP contribution in [0.1, 0.15) is 37.9 Å². The van der Waals surface area contributed by atoms with Crippen LogP contribution in [-0.4, -0.2) is 44.7 Å². The summed E-state index contributed by atoms with van der Waals surface area (Å²) < 4.78 is 1.83. The van der Waals surface area contributed by atoms with E-state index in [0.29, 0.717) is 5.92 Å². The van der Waals surface area contributed by atoms with Crippen molar-refractivity contribution in [2.75, 3.05) is 19.7 Å². The average molecular weight is 300 g/mol. The molecule has 0 aliphatic carbocycles. The van der Waals surface area contributed by atoms with Crippen LogP contribution in [0.5, 0.6) is 0 Å². The Bertz CT molecular complexity index is 581. The fourth-order valence-electron chi connectivity index (χ4n) is 3.23. The van der Waals surface area contributed by atoms with Crippen molar-refractivity contribution in [3.63, 3.8) is 0 Å². The van der Waals surface area contributed by atoms with Crippen LogP contribution < -0.4 is 0 Å². The van der Waals surface area contributed by atoms with E-state index in [2.05, 4.69) is 22.1 Å². The van der Waals surface area contributed by atoms with Gasteiger partial charge in [-0.3, -0.25) is 4.90 Å². The Hall–Kier alpha value is -1.72. The number of aromatic nitrogens is 3. The highest BCUT2D eigenvalue weighted by atomic mass is 16.3. The lowest BCUT2D eigenvalue weighted by atomic mass is 9.94. The number of likely N-dealkylation sites (tertiary alicyclic amines) is 1. The summed E-state index contributed by atoms with van der Waals surface area (Å²) >= 11 is 0. The van der Waals surface area contributed by atoms with E-state index in [1.165, 1.54) is 12.8 Å². The lowest BCUT2D eigenvalue weighted by molar-refractivity contribution is 0.113. The van der Waals surface area contributed by atoms with E-state index in [4.69, 9.17) is 5.11 Å². The molecule has 22 heavy (non-hydrogen) atoms. The van der Waals surface area contributed by atoms with Crippen LogP contribution in [-0.2, 0) is 0 Å². The molecule has 1 aliphatic heterocycles. The number of aliphatic hydroxyl groups excluding tert-OH is 1. The maximum Gasteiger partial charge on any atom is 0.1000 e. The molecule has 118 valence electrons. The van der Waals surface area contributed by atoms with Gasteiger partial charge in [-0.2, -0.15) is 0 Å². The highest BCUT2D eigenvalue weighted by molar-refractivity contribution is 5.30. The molecule has 0 amide bonds. The van der Waals surface area contributed by atoms with Crippen molar-refractivity contribution in [1.82, 2.24) is 19.9 Å². The molecule has 2 atom stereocenters. The Labute approximate surface area is 131 Å². The molecule has 2 aromatic rings. The normalized spacial score (nSPS) is 20.9. The average Bonchev–Trinajstić information content (AvgIpc) is 3.05. The summed E-state index contributed by atoms with van der Waals surface area (Å²) in [5, 5.41) is 17.8. The van der Waals surface area contributed by atoms with Gasteiger partial charge in [0.15, 0.2) is 0 Å². The lowest BCUT2D eigenvalue weighted by Gasteiger charge is -2.35. The monoisotopic (exact) mass is 300 g/mol. The summed E-state index contributed by atoms with van der Waals surface area (Å²) in [6.45, 7) is 4.62. The highest BCUT2D eigenvalue weighted by Crippen LogP contribution is 2.27. The van der Waals surface area contributed by atoms with Crippen LogP contribution in [0.4, 0.5) is 0 Å². The second-order valence-electron chi connectivity index (χ2n) is 6.11. The lowest BCUT2D eigenvalue weighted by Crippen LogP contribution is -2.37. The number of nitrogens with zero attached hydrogens (tertiary/aromatic N) is 4.